The molecule has 3 heteroatoms. The van der Waals surface area contributed by atoms with Crippen LogP contribution in [0.25, 0.3) is 0 Å². The summed E-state index contributed by atoms with van der Waals surface area (Å²) in [5, 5.41) is 2.87. The number of urea groups is 1. The van der Waals surface area contributed by atoms with Crippen molar-refractivity contribution in [2.45, 2.75) is 27.7 Å². The van der Waals surface area contributed by atoms with Crippen LogP contribution in [0.2, 0.25) is 0 Å². The van der Waals surface area contributed by atoms with Crippen LogP contribution in [0.15, 0.2) is 0 Å². The predicted molar refractivity (Wildman–Crippen MR) is 55.7 cm³/mol. The van der Waals surface area contributed by atoms with Gasteiger partial charge >= 0.3 is 6.03 Å². The second-order valence-electron chi connectivity index (χ2n) is 4.35. The Hall–Kier alpha value is -0.730. The highest BCUT2D eigenvalue weighted by molar-refractivity contribution is 5.73. The highest BCUT2D eigenvalue weighted by atomic mass is 16.2. The maximum atomic E-state index is 11.4. The molecule has 0 bridgehead atoms. The van der Waals surface area contributed by atoms with Gasteiger partial charge in [0.15, 0.2) is 0 Å². The zero-order valence-electron chi connectivity index (χ0n) is 9.42. The van der Waals surface area contributed by atoms with Crippen LogP contribution in [-0.2, 0) is 0 Å². The molecule has 0 spiro atoms. The number of carbonyl (C=O) groups excluding carboxylic acids is 1. The lowest BCUT2D eigenvalue weighted by Gasteiger charge is -2.20. The molecule has 0 saturated carbocycles. The SMILES string of the molecule is CC(C)CNC(=O)N(C)CC(C)C. The Morgan fingerprint density at radius 1 is 1.23 bits per heavy atom. The normalized spacial score (nSPS) is 10.7. The second-order valence-corrected chi connectivity index (χ2v) is 4.35. The van der Waals surface area contributed by atoms with Gasteiger partial charge in [-0.3, -0.25) is 0 Å². The quantitative estimate of drug-likeness (QED) is 0.715. The van der Waals surface area contributed by atoms with E-state index >= 15 is 0 Å². The van der Waals surface area contributed by atoms with Gasteiger partial charge in [0, 0.05) is 20.1 Å². The number of carbonyl (C=O) groups is 1. The van der Waals surface area contributed by atoms with Crippen LogP contribution in [0.4, 0.5) is 4.79 Å². The number of amides is 2. The molecule has 0 aromatic carbocycles. The molecule has 0 aromatic heterocycles. The van der Waals surface area contributed by atoms with Gasteiger partial charge < -0.3 is 10.2 Å². The molecule has 13 heavy (non-hydrogen) atoms. The topological polar surface area (TPSA) is 32.3 Å². The molecule has 2 amide bonds. The van der Waals surface area contributed by atoms with Crippen LogP contribution in [-0.4, -0.2) is 31.1 Å². The van der Waals surface area contributed by atoms with E-state index in [2.05, 4.69) is 33.0 Å². The Morgan fingerprint density at radius 3 is 2.15 bits per heavy atom. The number of rotatable bonds is 4. The Kier molecular flexibility index (Phi) is 5.51. The van der Waals surface area contributed by atoms with Gasteiger partial charge in [-0.2, -0.15) is 0 Å². The summed E-state index contributed by atoms with van der Waals surface area (Å²) >= 11 is 0. The Labute approximate surface area is 81.5 Å². The maximum Gasteiger partial charge on any atom is 0.317 e. The first kappa shape index (κ1) is 12.3. The van der Waals surface area contributed by atoms with Crippen molar-refractivity contribution in [1.82, 2.24) is 10.2 Å². The van der Waals surface area contributed by atoms with Crippen molar-refractivity contribution in [3.05, 3.63) is 0 Å². The van der Waals surface area contributed by atoms with Crippen LogP contribution < -0.4 is 5.32 Å². The van der Waals surface area contributed by atoms with Crippen LogP contribution in [0.5, 0.6) is 0 Å². The van der Waals surface area contributed by atoms with Gasteiger partial charge in [-0.25, -0.2) is 4.79 Å². The van der Waals surface area contributed by atoms with Crippen LogP contribution in [0, 0.1) is 11.8 Å². The zero-order chi connectivity index (χ0) is 10.4. The van der Waals surface area contributed by atoms with Crippen molar-refractivity contribution < 1.29 is 4.79 Å². The fourth-order valence-corrected chi connectivity index (χ4v) is 1.06. The summed E-state index contributed by atoms with van der Waals surface area (Å²) in [6, 6.07) is 0.0300. The van der Waals surface area contributed by atoms with Crippen molar-refractivity contribution in [2.24, 2.45) is 11.8 Å². The molecule has 0 radical (unpaired) electrons. The molecule has 3 nitrogen and oxygen atoms in total. The lowest BCUT2D eigenvalue weighted by Crippen LogP contribution is -2.40. The predicted octanol–water partition coefficient (Wildman–Crippen LogP) is 1.94. The van der Waals surface area contributed by atoms with E-state index in [4.69, 9.17) is 0 Å². The molecular formula is C10H22N2O. The smallest absolute Gasteiger partial charge is 0.317 e. The minimum atomic E-state index is 0.0300. The fourth-order valence-electron chi connectivity index (χ4n) is 1.06. The summed E-state index contributed by atoms with van der Waals surface area (Å²) in [6.07, 6.45) is 0. The Bertz CT molecular complexity index is 155. The van der Waals surface area contributed by atoms with Crippen molar-refractivity contribution in [3.8, 4) is 0 Å². The summed E-state index contributed by atoms with van der Waals surface area (Å²) in [5.41, 5.74) is 0. The third-order valence-corrected chi connectivity index (χ3v) is 1.65. The van der Waals surface area contributed by atoms with E-state index in [1.807, 2.05) is 7.05 Å². The average Bonchev–Trinajstić information content (AvgIpc) is 1.98. The molecule has 78 valence electrons. The van der Waals surface area contributed by atoms with Gasteiger partial charge in [0.2, 0.25) is 0 Å². The van der Waals surface area contributed by atoms with Gasteiger partial charge in [0.05, 0.1) is 0 Å². The minimum absolute atomic E-state index is 0.0300. The number of hydrogen-bond acceptors (Lipinski definition) is 1. The van der Waals surface area contributed by atoms with E-state index in [1.165, 1.54) is 0 Å². The van der Waals surface area contributed by atoms with E-state index in [0.717, 1.165) is 13.1 Å². The molecule has 0 aliphatic heterocycles. The standard InChI is InChI=1S/C10H22N2O/c1-8(2)6-11-10(13)12(5)7-9(3)4/h8-9H,6-7H2,1-5H3,(H,11,13). The van der Waals surface area contributed by atoms with Crippen molar-refractivity contribution in [1.29, 1.82) is 0 Å². The molecule has 0 atom stereocenters. The number of nitrogens with one attached hydrogen (secondary N) is 1. The molecule has 1 N–H and O–H groups in total. The van der Waals surface area contributed by atoms with E-state index < -0.39 is 0 Å². The largest absolute Gasteiger partial charge is 0.338 e. The van der Waals surface area contributed by atoms with Gasteiger partial charge in [0.25, 0.3) is 0 Å². The summed E-state index contributed by atoms with van der Waals surface area (Å²) < 4.78 is 0. The van der Waals surface area contributed by atoms with Gasteiger partial charge in [-0.1, -0.05) is 27.7 Å². The van der Waals surface area contributed by atoms with Crippen LogP contribution >= 0.6 is 0 Å². The number of nitrogens with zero attached hydrogens (tertiary/aromatic N) is 1. The molecule has 0 heterocycles. The highest BCUT2D eigenvalue weighted by Crippen LogP contribution is 1.96. The third-order valence-electron chi connectivity index (χ3n) is 1.65. The molecule has 0 aliphatic rings. The number of hydrogen-bond donors (Lipinski definition) is 1. The first-order chi connectivity index (χ1) is 5.93. The summed E-state index contributed by atoms with van der Waals surface area (Å²) in [5.74, 6) is 1.03. The lowest BCUT2D eigenvalue weighted by molar-refractivity contribution is 0.202. The molecule has 0 unspecified atom stereocenters. The van der Waals surface area contributed by atoms with E-state index in [1.54, 1.807) is 4.90 Å². The van der Waals surface area contributed by atoms with E-state index in [0.29, 0.717) is 11.8 Å². The molecule has 0 fully saturated rings. The van der Waals surface area contributed by atoms with Gasteiger partial charge in [-0.15, -0.1) is 0 Å². The Balaban J connectivity index is 3.69. The summed E-state index contributed by atoms with van der Waals surface area (Å²) in [7, 11) is 1.83. The molecule has 0 saturated heterocycles. The first-order valence-corrected chi connectivity index (χ1v) is 4.92. The second kappa shape index (κ2) is 5.84. The van der Waals surface area contributed by atoms with E-state index in [-0.39, 0.29) is 6.03 Å². The minimum Gasteiger partial charge on any atom is -0.338 e. The van der Waals surface area contributed by atoms with Crippen LogP contribution in [0.1, 0.15) is 27.7 Å². The molecule has 0 aliphatic carbocycles. The monoisotopic (exact) mass is 186 g/mol. The van der Waals surface area contributed by atoms with Crippen LogP contribution in [0.3, 0.4) is 0 Å². The summed E-state index contributed by atoms with van der Waals surface area (Å²) in [4.78, 5) is 13.1. The zero-order valence-corrected chi connectivity index (χ0v) is 9.42. The molecular weight excluding hydrogens is 164 g/mol. The lowest BCUT2D eigenvalue weighted by atomic mass is 10.2. The van der Waals surface area contributed by atoms with Gasteiger partial charge in [-0.05, 0) is 11.8 Å². The van der Waals surface area contributed by atoms with Crippen molar-refractivity contribution >= 4 is 6.03 Å². The third kappa shape index (κ3) is 6.43. The van der Waals surface area contributed by atoms with Crippen molar-refractivity contribution in [2.75, 3.05) is 20.1 Å². The highest BCUT2D eigenvalue weighted by Gasteiger charge is 2.09. The van der Waals surface area contributed by atoms with Crippen molar-refractivity contribution in [3.63, 3.8) is 0 Å². The molecule has 0 rings (SSSR count). The maximum absolute atomic E-state index is 11.4. The summed E-state index contributed by atoms with van der Waals surface area (Å²) in [6.45, 7) is 9.94. The van der Waals surface area contributed by atoms with Gasteiger partial charge in [0.1, 0.15) is 0 Å². The fraction of sp³-hybridized carbons (Fsp3) is 0.900. The average molecular weight is 186 g/mol. The first-order valence-electron chi connectivity index (χ1n) is 4.92. The molecule has 0 aromatic rings. The van der Waals surface area contributed by atoms with E-state index in [9.17, 15) is 4.79 Å². The Morgan fingerprint density at radius 2 is 1.77 bits per heavy atom.